The van der Waals surface area contributed by atoms with Gasteiger partial charge in [0, 0.05) is 23.2 Å². The third-order valence-electron chi connectivity index (χ3n) is 4.17. The maximum Gasteiger partial charge on any atom is 0.349 e. The number of rotatable bonds is 6. The van der Waals surface area contributed by atoms with Gasteiger partial charge in [0.25, 0.3) is 0 Å². The van der Waals surface area contributed by atoms with Gasteiger partial charge in [-0.25, -0.2) is 13.6 Å². The number of carbonyl (C=O) groups excluding carboxylic acids is 2. The van der Waals surface area contributed by atoms with E-state index in [1.54, 1.807) is 6.07 Å². The lowest BCUT2D eigenvalue weighted by atomic mass is 10.1. The van der Waals surface area contributed by atoms with Crippen molar-refractivity contribution in [3.8, 4) is 0 Å². The summed E-state index contributed by atoms with van der Waals surface area (Å²) in [5.41, 5.74) is -0.599. The molecular formula is C17H15F2N3O3. The number of halogens is 2. The van der Waals surface area contributed by atoms with Crippen molar-refractivity contribution < 1.29 is 18.4 Å². The fourth-order valence-electron chi connectivity index (χ4n) is 2.52. The molecular weight excluding hydrogens is 332 g/mol. The van der Waals surface area contributed by atoms with Crippen LogP contribution >= 0.6 is 0 Å². The lowest BCUT2D eigenvalue weighted by molar-refractivity contribution is -0.110. The summed E-state index contributed by atoms with van der Waals surface area (Å²) in [7, 11) is 0. The molecule has 0 bridgehead atoms. The van der Waals surface area contributed by atoms with E-state index in [0.29, 0.717) is 5.69 Å². The standard InChI is InChI=1S/C17H15F2N3O3/c1-9-12(18)6-11(7-13(9)19)15(24)16(20-8-23)22-5-4-14(10-2-3-10)21-17(22)25/h4-8,10,16H,2-3H2,1H3,(H,20,23). The summed E-state index contributed by atoms with van der Waals surface area (Å²) in [4.78, 5) is 39.6. The van der Waals surface area contributed by atoms with E-state index in [4.69, 9.17) is 0 Å². The van der Waals surface area contributed by atoms with E-state index >= 15 is 0 Å². The number of ketones is 1. The first-order valence-electron chi connectivity index (χ1n) is 7.71. The Kier molecular flexibility index (Phi) is 4.43. The maximum atomic E-state index is 13.7. The van der Waals surface area contributed by atoms with Crippen LogP contribution in [0.5, 0.6) is 0 Å². The summed E-state index contributed by atoms with van der Waals surface area (Å²) in [5.74, 6) is -2.35. The van der Waals surface area contributed by atoms with Crippen molar-refractivity contribution in [2.75, 3.05) is 0 Å². The van der Waals surface area contributed by atoms with Crippen molar-refractivity contribution in [2.45, 2.75) is 31.8 Å². The van der Waals surface area contributed by atoms with Gasteiger partial charge < -0.3 is 5.32 Å². The molecule has 1 aliphatic carbocycles. The zero-order valence-corrected chi connectivity index (χ0v) is 13.3. The highest BCUT2D eigenvalue weighted by Crippen LogP contribution is 2.38. The molecule has 1 saturated carbocycles. The molecule has 1 atom stereocenters. The minimum atomic E-state index is -1.44. The van der Waals surface area contributed by atoms with Gasteiger partial charge in [0.1, 0.15) is 11.6 Å². The minimum Gasteiger partial charge on any atom is -0.331 e. The lowest BCUT2D eigenvalue weighted by Crippen LogP contribution is -2.40. The molecule has 2 aromatic rings. The predicted molar refractivity (Wildman–Crippen MR) is 84.1 cm³/mol. The Morgan fingerprint density at radius 1 is 1.36 bits per heavy atom. The number of amides is 1. The maximum absolute atomic E-state index is 13.7. The topological polar surface area (TPSA) is 81.1 Å². The van der Waals surface area contributed by atoms with Crippen molar-refractivity contribution in [3.63, 3.8) is 0 Å². The zero-order chi connectivity index (χ0) is 18.1. The molecule has 1 unspecified atom stereocenters. The van der Waals surface area contributed by atoms with Crippen LogP contribution in [0.3, 0.4) is 0 Å². The minimum absolute atomic E-state index is 0.218. The average Bonchev–Trinajstić information content (AvgIpc) is 3.42. The van der Waals surface area contributed by atoms with Crippen molar-refractivity contribution in [1.29, 1.82) is 0 Å². The zero-order valence-electron chi connectivity index (χ0n) is 13.3. The van der Waals surface area contributed by atoms with Crippen LogP contribution in [0.25, 0.3) is 0 Å². The number of aromatic nitrogens is 2. The van der Waals surface area contributed by atoms with Crippen LogP contribution in [0, 0.1) is 18.6 Å². The number of benzene rings is 1. The third kappa shape index (κ3) is 3.33. The lowest BCUT2D eigenvalue weighted by Gasteiger charge is -2.18. The highest BCUT2D eigenvalue weighted by molar-refractivity contribution is 5.99. The van der Waals surface area contributed by atoms with E-state index in [0.717, 1.165) is 29.5 Å². The van der Waals surface area contributed by atoms with Crippen LogP contribution in [0.4, 0.5) is 8.78 Å². The number of nitrogens with one attached hydrogen (secondary N) is 1. The van der Waals surface area contributed by atoms with Crippen LogP contribution < -0.4 is 11.0 Å². The van der Waals surface area contributed by atoms with Crippen LogP contribution in [-0.2, 0) is 4.79 Å². The summed E-state index contributed by atoms with van der Waals surface area (Å²) < 4.78 is 28.4. The summed E-state index contributed by atoms with van der Waals surface area (Å²) >= 11 is 0. The Morgan fingerprint density at radius 3 is 2.52 bits per heavy atom. The second kappa shape index (κ2) is 6.54. The largest absolute Gasteiger partial charge is 0.349 e. The molecule has 1 N–H and O–H groups in total. The normalized spacial score (nSPS) is 14.8. The van der Waals surface area contributed by atoms with Gasteiger partial charge in [0.15, 0.2) is 6.17 Å². The van der Waals surface area contributed by atoms with Crippen LogP contribution in [-0.4, -0.2) is 21.7 Å². The van der Waals surface area contributed by atoms with Gasteiger partial charge in [0.2, 0.25) is 12.2 Å². The van der Waals surface area contributed by atoms with Gasteiger partial charge in [-0.2, -0.15) is 4.98 Å². The Hall–Kier alpha value is -2.90. The Labute approximate surface area is 141 Å². The second-order valence-corrected chi connectivity index (χ2v) is 5.93. The van der Waals surface area contributed by atoms with Crippen molar-refractivity contribution in [1.82, 2.24) is 14.9 Å². The smallest absolute Gasteiger partial charge is 0.331 e. The Morgan fingerprint density at radius 2 is 2.00 bits per heavy atom. The van der Waals surface area contributed by atoms with E-state index in [9.17, 15) is 23.2 Å². The van der Waals surface area contributed by atoms with Crippen LogP contribution in [0.1, 0.15) is 46.5 Å². The fourth-order valence-corrected chi connectivity index (χ4v) is 2.52. The summed E-state index contributed by atoms with van der Waals surface area (Å²) in [6, 6.07) is 3.34. The van der Waals surface area contributed by atoms with Gasteiger partial charge in [-0.15, -0.1) is 0 Å². The molecule has 1 amide bonds. The first-order valence-corrected chi connectivity index (χ1v) is 7.71. The number of hydrogen-bond acceptors (Lipinski definition) is 4. The highest BCUT2D eigenvalue weighted by atomic mass is 19.1. The van der Waals surface area contributed by atoms with Crippen LogP contribution in [0.2, 0.25) is 0 Å². The third-order valence-corrected chi connectivity index (χ3v) is 4.17. The second-order valence-electron chi connectivity index (χ2n) is 5.93. The van der Waals surface area contributed by atoms with Gasteiger partial charge in [-0.3, -0.25) is 14.2 Å². The van der Waals surface area contributed by atoms with E-state index in [2.05, 4.69) is 10.3 Å². The number of carbonyl (C=O) groups is 2. The van der Waals surface area contributed by atoms with Crippen molar-refractivity contribution in [3.05, 3.63) is 63.3 Å². The predicted octanol–water partition coefficient (Wildman–Crippen LogP) is 1.83. The number of hydrogen-bond donors (Lipinski definition) is 1. The molecule has 1 heterocycles. The quantitative estimate of drug-likeness (QED) is 0.639. The first-order chi connectivity index (χ1) is 11.9. The molecule has 0 aliphatic heterocycles. The van der Waals surface area contributed by atoms with Gasteiger partial charge in [0.05, 0.1) is 5.69 Å². The van der Waals surface area contributed by atoms with E-state index in [1.165, 1.54) is 13.1 Å². The summed E-state index contributed by atoms with van der Waals surface area (Å²) in [5, 5.41) is 2.20. The first kappa shape index (κ1) is 16.9. The van der Waals surface area contributed by atoms with Crippen LogP contribution in [0.15, 0.2) is 29.2 Å². The Balaban J connectivity index is 1.99. The molecule has 8 heteroatoms. The molecule has 1 aromatic carbocycles. The molecule has 25 heavy (non-hydrogen) atoms. The fraction of sp³-hybridized carbons (Fsp3) is 0.294. The molecule has 1 aromatic heterocycles. The molecule has 0 spiro atoms. The van der Waals surface area contributed by atoms with Gasteiger partial charge in [-0.1, -0.05) is 0 Å². The summed E-state index contributed by atoms with van der Waals surface area (Å²) in [6.07, 6.45) is 2.06. The van der Waals surface area contributed by atoms with E-state index < -0.39 is 29.3 Å². The highest BCUT2D eigenvalue weighted by Gasteiger charge is 2.28. The Bertz CT molecular complexity index is 883. The van der Waals surface area contributed by atoms with Gasteiger partial charge >= 0.3 is 5.69 Å². The van der Waals surface area contributed by atoms with E-state index in [-0.39, 0.29) is 23.5 Å². The van der Waals surface area contributed by atoms with Crippen molar-refractivity contribution in [2.24, 2.45) is 0 Å². The molecule has 1 fully saturated rings. The van der Waals surface area contributed by atoms with E-state index in [1.807, 2.05) is 0 Å². The SMILES string of the molecule is Cc1c(F)cc(C(=O)C(NC=O)n2ccc(C3CC3)nc2=O)cc1F. The molecule has 0 saturated heterocycles. The monoisotopic (exact) mass is 347 g/mol. The van der Waals surface area contributed by atoms with Gasteiger partial charge in [-0.05, 0) is 38.0 Å². The number of nitrogens with zero attached hydrogens (tertiary/aromatic N) is 2. The molecule has 1 aliphatic rings. The average molecular weight is 347 g/mol. The number of Topliss-reactive ketones (excluding diaryl/α,β-unsaturated/α-hetero) is 1. The molecule has 6 nitrogen and oxygen atoms in total. The summed E-state index contributed by atoms with van der Waals surface area (Å²) in [6.45, 7) is 1.24. The molecule has 0 radical (unpaired) electrons. The van der Waals surface area contributed by atoms with Crippen molar-refractivity contribution >= 4 is 12.2 Å². The molecule has 3 rings (SSSR count). The molecule has 130 valence electrons.